The van der Waals surface area contributed by atoms with Gasteiger partial charge in [-0.15, -0.1) is 0 Å². The summed E-state index contributed by atoms with van der Waals surface area (Å²) in [6, 6.07) is 9.04. The lowest BCUT2D eigenvalue weighted by Gasteiger charge is -2.19. The van der Waals surface area contributed by atoms with Gasteiger partial charge in [0.1, 0.15) is 5.82 Å². The van der Waals surface area contributed by atoms with Crippen molar-refractivity contribution in [3.05, 3.63) is 59.7 Å². The molecule has 1 heterocycles. The van der Waals surface area contributed by atoms with Crippen LogP contribution in [0.2, 0.25) is 0 Å². The van der Waals surface area contributed by atoms with E-state index in [9.17, 15) is 4.39 Å². The van der Waals surface area contributed by atoms with Crippen molar-refractivity contribution < 1.29 is 4.39 Å². The Morgan fingerprint density at radius 3 is 2.75 bits per heavy atom. The zero-order valence-corrected chi connectivity index (χ0v) is 14.3. The number of halogens is 1. The van der Waals surface area contributed by atoms with Gasteiger partial charge >= 0.3 is 0 Å². The van der Waals surface area contributed by atoms with Crippen molar-refractivity contribution in [3.8, 4) is 0 Å². The van der Waals surface area contributed by atoms with Gasteiger partial charge in [-0.1, -0.05) is 12.1 Å². The van der Waals surface area contributed by atoms with Gasteiger partial charge in [-0.3, -0.25) is 0 Å². The van der Waals surface area contributed by atoms with Crippen LogP contribution >= 0.6 is 0 Å². The van der Waals surface area contributed by atoms with Crippen LogP contribution in [0.25, 0.3) is 0 Å². The Bertz CT molecular complexity index is 716. The van der Waals surface area contributed by atoms with Gasteiger partial charge in [0.2, 0.25) is 0 Å². The van der Waals surface area contributed by atoms with Crippen molar-refractivity contribution in [3.63, 3.8) is 0 Å². The summed E-state index contributed by atoms with van der Waals surface area (Å²) in [6.45, 7) is 4.28. The monoisotopic (exact) mass is 328 g/mol. The fourth-order valence-corrected chi connectivity index (χ4v) is 2.96. The number of hydrogen-bond acceptors (Lipinski definition) is 1. The van der Waals surface area contributed by atoms with E-state index >= 15 is 0 Å². The van der Waals surface area contributed by atoms with E-state index in [0.717, 1.165) is 37.5 Å². The molecule has 1 aromatic carbocycles. The molecule has 0 spiro atoms. The molecule has 1 saturated carbocycles. The average molecular weight is 328 g/mol. The Labute approximate surface area is 142 Å². The second-order valence-corrected chi connectivity index (χ2v) is 6.52. The first-order valence-corrected chi connectivity index (χ1v) is 8.50. The van der Waals surface area contributed by atoms with Crippen molar-refractivity contribution in [2.24, 2.45) is 12.0 Å². The standard InChI is InChI=1S/C19H25FN4/c1-3-21-18(22-12-15-7-10-24(2)13-15)23-14-19(8-9-19)16-5-4-6-17(20)11-16/h4-7,10-11,13H,3,8-9,12,14H2,1-2H3,(H2,21,22,23). The summed E-state index contributed by atoms with van der Waals surface area (Å²) in [5.41, 5.74) is 2.31. The maximum absolute atomic E-state index is 13.5. The number of nitrogens with one attached hydrogen (secondary N) is 2. The fraction of sp³-hybridized carbons (Fsp3) is 0.421. The maximum atomic E-state index is 13.5. The van der Waals surface area contributed by atoms with E-state index in [1.165, 1.54) is 11.6 Å². The second kappa shape index (κ2) is 7.07. The van der Waals surface area contributed by atoms with E-state index in [-0.39, 0.29) is 11.2 Å². The van der Waals surface area contributed by atoms with Crippen molar-refractivity contribution in [2.45, 2.75) is 31.7 Å². The molecule has 5 heteroatoms. The number of benzene rings is 1. The van der Waals surface area contributed by atoms with Crippen LogP contribution in [0.3, 0.4) is 0 Å². The summed E-state index contributed by atoms with van der Waals surface area (Å²) in [5.74, 6) is 0.646. The normalized spacial score (nSPS) is 16.0. The van der Waals surface area contributed by atoms with Crippen LogP contribution in [0.1, 0.15) is 30.9 Å². The van der Waals surface area contributed by atoms with E-state index in [0.29, 0.717) is 6.54 Å². The first-order chi connectivity index (χ1) is 11.6. The highest BCUT2D eigenvalue weighted by Crippen LogP contribution is 2.47. The molecule has 0 amide bonds. The Morgan fingerprint density at radius 2 is 2.12 bits per heavy atom. The van der Waals surface area contributed by atoms with E-state index in [2.05, 4.69) is 34.8 Å². The van der Waals surface area contributed by atoms with Crippen LogP contribution in [0.4, 0.5) is 4.39 Å². The van der Waals surface area contributed by atoms with Crippen LogP contribution in [0, 0.1) is 5.82 Å². The topological polar surface area (TPSA) is 41.4 Å². The third-order valence-corrected chi connectivity index (χ3v) is 4.54. The first kappa shape index (κ1) is 16.6. The molecule has 0 bridgehead atoms. The largest absolute Gasteiger partial charge is 0.357 e. The molecule has 24 heavy (non-hydrogen) atoms. The zero-order valence-electron chi connectivity index (χ0n) is 14.3. The molecule has 1 fully saturated rings. The fourth-order valence-electron chi connectivity index (χ4n) is 2.96. The molecule has 1 aliphatic rings. The Balaban J connectivity index is 1.63. The number of aromatic nitrogens is 1. The minimum Gasteiger partial charge on any atom is -0.357 e. The molecule has 2 aromatic rings. The van der Waals surface area contributed by atoms with Gasteiger partial charge in [-0.2, -0.15) is 0 Å². The molecule has 1 aliphatic carbocycles. The third-order valence-electron chi connectivity index (χ3n) is 4.54. The maximum Gasteiger partial charge on any atom is 0.191 e. The second-order valence-electron chi connectivity index (χ2n) is 6.52. The minimum atomic E-state index is -0.163. The van der Waals surface area contributed by atoms with E-state index < -0.39 is 0 Å². The lowest BCUT2D eigenvalue weighted by molar-refractivity contribution is 0.607. The number of hydrogen-bond donors (Lipinski definition) is 2. The van der Waals surface area contributed by atoms with Crippen molar-refractivity contribution in [1.29, 1.82) is 0 Å². The molecule has 1 aromatic heterocycles. The molecular formula is C19H25FN4. The lowest BCUT2D eigenvalue weighted by atomic mass is 9.96. The first-order valence-electron chi connectivity index (χ1n) is 8.50. The molecule has 0 atom stereocenters. The van der Waals surface area contributed by atoms with Crippen LogP contribution < -0.4 is 10.6 Å². The summed E-state index contributed by atoms with van der Waals surface area (Å²) >= 11 is 0. The van der Waals surface area contributed by atoms with Gasteiger partial charge < -0.3 is 15.2 Å². The molecule has 3 rings (SSSR count). The molecule has 4 nitrogen and oxygen atoms in total. The lowest BCUT2D eigenvalue weighted by Crippen LogP contribution is -2.41. The third kappa shape index (κ3) is 3.96. The van der Waals surface area contributed by atoms with E-state index in [1.54, 1.807) is 12.1 Å². The highest BCUT2D eigenvalue weighted by Gasteiger charge is 2.44. The minimum absolute atomic E-state index is 0.0467. The number of nitrogens with zero attached hydrogens (tertiary/aromatic N) is 2. The SMILES string of the molecule is CCNC(=NCc1ccn(C)c1)NCC1(c2cccc(F)c2)CC1. The van der Waals surface area contributed by atoms with Crippen LogP contribution in [0.15, 0.2) is 47.7 Å². The molecule has 0 radical (unpaired) electrons. The average Bonchev–Trinajstić information content (AvgIpc) is 3.25. The van der Waals surface area contributed by atoms with E-state index in [1.807, 2.05) is 23.9 Å². The van der Waals surface area contributed by atoms with Crippen LogP contribution in [0.5, 0.6) is 0 Å². The Morgan fingerprint density at radius 1 is 1.29 bits per heavy atom. The van der Waals surface area contributed by atoms with Crippen molar-refractivity contribution >= 4 is 5.96 Å². The molecular weight excluding hydrogens is 303 g/mol. The number of rotatable bonds is 6. The Kier molecular flexibility index (Phi) is 4.88. The predicted octanol–water partition coefficient (Wildman–Crippen LogP) is 2.95. The van der Waals surface area contributed by atoms with Crippen LogP contribution in [-0.4, -0.2) is 23.6 Å². The number of aliphatic imine (C=N–C) groups is 1. The number of guanidine groups is 1. The van der Waals surface area contributed by atoms with Gasteiger partial charge in [-0.05, 0) is 49.1 Å². The molecule has 0 aliphatic heterocycles. The number of aryl methyl sites for hydroxylation is 1. The van der Waals surface area contributed by atoms with E-state index in [4.69, 9.17) is 0 Å². The van der Waals surface area contributed by atoms with Gasteiger partial charge in [0.15, 0.2) is 5.96 Å². The van der Waals surface area contributed by atoms with Gasteiger partial charge in [-0.25, -0.2) is 9.38 Å². The molecule has 0 unspecified atom stereocenters. The predicted molar refractivity (Wildman–Crippen MR) is 95.5 cm³/mol. The summed E-state index contributed by atoms with van der Waals surface area (Å²) in [7, 11) is 2.01. The molecule has 0 saturated heterocycles. The van der Waals surface area contributed by atoms with Gasteiger partial charge in [0, 0.05) is 37.9 Å². The van der Waals surface area contributed by atoms with Crippen molar-refractivity contribution in [2.75, 3.05) is 13.1 Å². The summed E-state index contributed by atoms with van der Waals surface area (Å²) in [5, 5.41) is 6.71. The molecule has 2 N–H and O–H groups in total. The Hall–Kier alpha value is -2.30. The smallest absolute Gasteiger partial charge is 0.191 e. The highest BCUT2D eigenvalue weighted by molar-refractivity contribution is 5.80. The zero-order chi connectivity index (χ0) is 17.0. The van der Waals surface area contributed by atoms with Crippen LogP contribution in [-0.2, 0) is 19.0 Å². The molecule has 128 valence electrons. The summed E-state index contributed by atoms with van der Waals surface area (Å²) in [6.07, 6.45) is 6.26. The quantitative estimate of drug-likeness (QED) is 0.632. The summed E-state index contributed by atoms with van der Waals surface area (Å²) < 4.78 is 15.5. The highest BCUT2D eigenvalue weighted by atomic mass is 19.1. The van der Waals surface area contributed by atoms with Crippen molar-refractivity contribution in [1.82, 2.24) is 15.2 Å². The van der Waals surface area contributed by atoms with Gasteiger partial charge in [0.25, 0.3) is 0 Å². The summed E-state index contributed by atoms with van der Waals surface area (Å²) in [4.78, 5) is 4.65. The van der Waals surface area contributed by atoms with Gasteiger partial charge in [0.05, 0.1) is 6.54 Å².